The highest BCUT2D eigenvalue weighted by Gasteiger charge is 2.10. The van der Waals surface area contributed by atoms with Crippen LogP contribution in [0.5, 0.6) is 0 Å². The van der Waals surface area contributed by atoms with Gasteiger partial charge in [0.25, 0.3) is 0 Å². The number of ether oxygens (including phenoxy) is 1. The van der Waals surface area contributed by atoms with Crippen LogP contribution in [0.3, 0.4) is 0 Å². The lowest BCUT2D eigenvalue weighted by atomic mass is 9.99. The van der Waals surface area contributed by atoms with E-state index in [4.69, 9.17) is 10.5 Å². The van der Waals surface area contributed by atoms with Gasteiger partial charge in [-0.1, -0.05) is 6.92 Å². The number of hydrogen-bond acceptors (Lipinski definition) is 3. The van der Waals surface area contributed by atoms with Gasteiger partial charge in [0.15, 0.2) is 0 Å². The SMILES string of the molecule is COCC(C)CC(N)Cc1cnn(C)c1. The molecule has 0 aliphatic heterocycles. The highest BCUT2D eigenvalue weighted by Crippen LogP contribution is 2.09. The molecule has 2 unspecified atom stereocenters. The third-order valence-corrected chi connectivity index (χ3v) is 2.41. The zero-order valence-corrected chi connectivity index (χ0v) is 9.81. The van der Waals surface area contributed by atoms with E-state index >= 15 is 0 Å². The summed E-state index contributed by atoms with van der Waals surface area (Å²) in [6.07, 6.45) is 5.77. The fourth-order valence-corrected chi connectivity index (χ4v) is 1.83. The van der Waals surface area contributed by atoms with E-state index in [1.165, 1.54) is 5.56 Å². The molecular formula is C11H21N3O. The predicted molar refractivity (Wildman–Crippen MR) is 60.5 cm³/mol. The van der Waals surface area contributed by atoms with Crippen molar-refractivity contribution in [1.29, 1.82) is 0 Å². The van der Waals surface area contributed by atoms with Crippen molar-refractivity contribution >= 4 is 0 Å². The fraction of sp³-hybridized carbons (Fsp3) is 0.727. The average molecular weight is 211 g/mol. The first-order valence-electron chi connectivity index (χ1n) is 5.34. The van der Waals surface area contributed by atoms with Crippen LogP contribution in [0.15, 0.2) is 12.4 Å². The molecule has 0 spiro atoms. The number of nitrogens with two attached hydrogens (primary N) is 1. The molecule has 4 nitrogen and oxygen atoms in total. The summed E-state index contributed by atoms with van der Waals surface area (Å²) in [6, 6.07) is 0.194. The zero-order chi connectivity index (χ0) is 11.3. The Hall–Kier alpha value is -0.870. The third kappa shape index (κ3) is 4.44. The number of aromatic nitrogens is 2. The Kier molecular flexibility index (Phi) is 4.78. The molecular weight excluding hydrogens is 190 g/mol. The lowest BCUT2D eigenvalue weighted by molar-refractivity contribution is 0.152. The van der Waals surface area contributed by atoms with Gasteiger partial charge in [0.2, 0.25) is 0 Å². The molecule has 2 N–H and O–H groups in total. The van der Waals surface area contributed by atoms with Crippen LogP contribution >= 0.6 is 0 Å². The minimum atomic E-state index is 0.194. The molecule has 0 radical (unpaired) electrons. The summed E-state index contributed by atoms with van der Waals surface area (Å²) < 4.78 is 6.89. The Bertz CT molecular complexity index is 285. The van der Waals surface area contributed by atoms with Crippen LogP contribution in [0, 0.1) is 5.92 Å². The van der Waals surface area contributed by atoms with Crippen molar-refractivity contribution in [2.24, 2.45) is 18.7 Å². The smallest absolute Gasteiger partial charge is 0.0522 e. The molecule has 0 aromatic carbocycles. The van der Waals surface area contributed by atoms with E-state index in [0.29, 0.717) is 5.92 Å². The van der Waals surface area contributed by atoms with Crippen LogP contribution in [0.2, 0.25) is 0 Å². The first kappa shape index (κ1) is 12.2. The summed E-state index contributed by atoms with van der Waals surface area (Å²) in [6.45, 7) is 2.94. The summed E-state index contributed by atoms with van der Waals surface area (Å²) in [5.74, 6) is 0.515. The maximum absolute atomic E-state index is 6.05. The summed E-state index contributed by atoms with van der Waals surface area (Å²) in [7, 11) is 3.64. The average Bonchev–Trinajstić information content (AvgIpc) is 2.51. The number of aryl methyl sites for hydroxylation is 1. The molecule has 0 aliphatic carbocycles. The Labute approximate surface area is 91.4 Å². The third-order valence-electron chi connectivity index (χ3n) is 2.41. The van der Waals surface area contributed by atoms with Crippen molar-refractivity contribution in [1.82, 2.24) is 9.78 Å². The molecule has 1 aromatic heterocycles. The Morgan fingerprint density at radius 3 is 2.87 bits per heavy atom. The van der Waals surface area contributed by atoms with Gasteiger partial charge in [-0.25, -0.2) is 0 Å². The number of nitrogens with zero attached hydrogens (tertiary/aromatic N) is 2. The first-order chi connectivity index (χ1) is 7.11. The fourth-order valence-electron chi connectivity index (χ4n) is 1.83. The molecule has 0 bridgehead atoms. The Morgan fingerprint density at radius 1 is 1.60 bits per heavy atom. The minimum absolute atomic E-state index is 0.194. The van der Waals surface area contributed by atoms with Gasteiger partial charge in [0.05, 0.1) is 6.20 Å². The van der Waals surface area contributed by atoms with Gasteiger partial charge in [-0.3, -0.25) is 4.68 Å². The topological polar surface area (TPSA) is 53.1 Å². The van der Waals surface area contributed by atoms with Crippen molar-refractivity contribution < 1.29 is 4.74 Å². The lowest BCUT2D eigenvalue weighted by Crippen LogP contribution is -2.26. The van der Waals surface area contributed by atoms with Crippen LogP contribution < -0.4 is 5.73 Å². The van der Waals surface area contributed by atoms with E-state index in [2.05, 4.69) is 12.0 Å². The predicted octanol–water partition coefficient (Wildman–Crippen LogP) is 0.962. The van der Waals surface area contributed by atoms with Crippen LogP contribution in [0.4, 0.5) is 0 Å². The molecule has 86 valence electrons. The summed E-state index contributed by atoms with van der Waals surface area (Å²) in [4.78, 5) is 0. The van der Waals surface area contributed by atoms with E-state index in [9.17, 15) is 0 Å². The lowest BCUT2D eigenvalue weighted by Gasteiger charge is -2.15. The van der Waals surface area contributed by atoms with Gasteiger partial charge in [-0.05, 0) is 24.3 Å². The van der Waals surface area contributed by atoms with E-state index < -0.39 is 0 Å². The van der Waals surface area contributed by atoms with Crippen molar-refractivity contribution in [2.45, 2.75) is 25.8 Å². The second-order valence-corrected chi connectivity index (χ2v) is 4.28. The Balaban J connectivity index is 2.32. The van der Waals surface area contributed by atoms with Crippen LogP contribution in [0.25, 0.3) is 0 Å². The summed E-state index contributed by atoms with van der Waals surface area (Å²) in [5.41, 5.74) is 7.26. The maximum Gasteiger partial charge on any atom is 0.0522 e. The van der Waals surface area contributed by atoms with Crippen LogP contribution in [-0.4, -0.2) is 29.5 Å². The van der Waals surface area contributed by atoms with Crippen molar-refractivity contribution in [2.75, 3.05) is 13.7 Å². The number of methoxy groups -OCH3 is 1. The summed E-state index contributed by atoms with van der Waals surface area (Å²) in [5, 5.41) is 4.12. The molecule has 15 heavy (non-hydrogen) atoms. The minimum Gasteiger partial charge on any atom is -0.384 e. The van der Waals surface area contributed by atoms with Gasteiger partial charge in [-0.15, -0.1) is 0 Å². The van der Waals surface area contributed by atoms with Gasteiger partial charge < -0.3 is 10.5 Å². The summed E-state index contributed by atoms with van der Waals surface area (Å²) >= 11 is 0. The zero-order valence-electron chi connectivity index (χ0n) is 9.81. The van der Waals surface area contributed by atoms with Crippen molar-refractivity contribution in [3.63, 3.8) is 0 Å². The highest BCUT2D eigenvalue weighted by molar-refractivity contribution is 5.05. The van der Waals surface area contributed by atoms with E-state index in [1.54, 1.807) is 11.8 Å². The van der Waals surface area contributed by atoms with Gasteiger partial charge >= 0.3 is 0 Å². The van der Waals surface area contributed by atoms with Crippen LogP contribution in [-0.2, 0) is 18.2 Å². The second-order valence-electron chi connectivity index (χ2n) is 4.28. The second kappa shape index (κ2) is 5.88. The molecule has 0 aliphatic rings. The van der Waals surface area contributed by atoms with E-state index in [1.807, 2.05) is 19.4 Å². The maximum atomic E-state index is 6.05. The van der Waals surface area contributed by atoms with E-state index in [0.717, 1.165) is 19.4 Å². The molecule has 0 amide bonds. The van der Waals surface area contributed by atoms with E-state index in [-0.39, 0.29) is 6.04 Å². The van der Waals surface area contributed by atoms with Gasteiger partial charge in [0.1, 0.15) is 0 Å². The molecule has 1 rings (SSSR count). The quantitative estimate of drug-likeness (QED) is 0.762. The molecule has 1 aromatic rings. The first-order valence-corrected chi connectivity index (χ1v) is 5.34. The number of hydrogen-bond donors (Lipinski definition) is 1. The largest absolute Gasteiger partial charge is 0.384 e. The number of rotatable bonds is 6. The molecule has 0 saturated heterocycles. The van der Waals surface area contributed by atoms with Crippen LogP contribution in [0.1, 0.15) is 18.9 Å². The molecule has 2 atom stereocenters. The van der Waals surface area contributed by atoms with Gasteiger partial charge in [-0.2, -0.15) is 5.10 Å². The molecule has 0 fully saturated rings. The van der Waals surface area contributed by atoms with Crippen molar-refractivity contribution in [3.05, 3.63) is 18.0 Å². The molecule has 1 heterocycles. The standard InChI is InChI=1S/C11H21N3O/c1-9(8-15-3)4-11(12)5-10-6-13-14(2)7-10/h6-7,9,11H,4-5,8,12H2,1-3H3. The van der Waals surface area contributed by atoms with Gasteiger partial charge in [0, 0.05) is 33.0 Å². The Morgan fingerprint density at radius 2 is 2.33 bits per heavy atom. The van der Waals surface area contributed by atoms with Crippen molar-refractivity contribution in [3.8, 4) is 0 Å². The monoisotopic (exact) mass is 211 g/mol. The molecule has 0 saturated carbocycles. The molecule has 4 heteroatoms. The normalized spacial score (nSPS) is 15.2. The highest BCUT2D eigenvalue weighted by atomic mass is 16.5.